The van der Waals surface area contributed by atoms with Gasteiger partial charge in [0.2, 0.25) is 0 Å². The van der Waals surface area contributed by atoms with E-state index in [1.165, 1.54) is 31.2 Å². The summed E-state index contributed by atoms with van der Waals surface area (Å²) in [7, 11) is 0. The van der Waals surface area contributed by atoms with Gasteiger partial charge < -0.3 is 4.90 Å². The topological polar surface area (TPSA) is 3.24 Å². The number of aryl methyl sites for hydroxylation is 1. The summed E-state index contributed by atoms with van der Waals surface area (Å²) in [6, 6.07) is 19.2. The van der Waals surface area contributed by atoms with E-state index in [9.17, 15) is 0 Å². The molecule has 0 bridgehead atoms. The van der Waals surface area contributed by atoms with Crippen LogP contribution in [0.4, 0.5) is 5.69 Å². The molecule has 20 heavy (non-hydrogen) atoms. The van der Waals surface area contributed by atoms with Gasteiger partial charge in [-0.05, 0) is 49.3 Å². The first-order valence-corrected chi connectivity index (χ1v) is 7.76. The Balaban J connectivity index is 1.69. The number of para-hydroxylation sites is 1. The summed E-state index contributed by atoms with van der Waals surface area (Å²) in [4.78, 5) is 2.71. The van der Waals surface area contributed by atoms with Crippen LogP contribution in [0.1, 0.15) is 30.0 Å². The minimum absolute atomic E-state index is 0.642. The molecule has 0 N–H and O–H groups in total. The van der Waals surface area contributed by atoms with Crippen LogP contribution in [0.2, 0.25) is 0 Å². The van der Waals surface area contributed by atoms with Gasteiger partial charge in [-0.3, -0.25) is 0 Å². The Morgan fingerprint density at radius 2 is 1.80 bits per heavy atom. The van der Waals surface area contributed by atoms with Gasteiger partial charge in [0, 0.05) is 17.8 Å². The summed E-state index contributed by atoms with van der Waals surface area (Å²) >= 11 is 0. The van der Waals surface area contributed by atoms with Gasteiger partial charge in [-0.25, -0.2) is 0 Å². The lowest BCUT2D eigenvalue weighted by Crippen LogP contribution is -2.43. The molecule has 2 aliphatic rings. The van der Waals surface area contributed by atoms with Gasteiger partial charge in [-0.1, -0.05) is 48.5 Å². The van der Waals surface area contributed by atoms with Crippen molar-refractivity contribution in [2.24, 2.45) is 0 Å². The second-order valence-corrected chi connectivity index (χ2v) is 6.27. The Labute approximate surface area is 121 Å². The molecule has 4 rings (SSSR count). The van der Waals surface area contributed by atoms with Crippen molar-refractivity contribution in [2.75, 3.05) is 4.90 Å². The maximum Gasteiger partial charge on any atom is 0.0437 e. The number of hydrogen-bond donors (Lipinski definition) is 0. The fraction of sp³-hybridized carbons (Fsp3) is 0.368. The Morgan fingerprint density at radius 1 is 1.00 bits per heavy atom. The van der Waals surface area contributed by atoms with Crippen LogP contribution in [-0.4, -0.2) is 12.1 Å². The Bertz CT molecular complexity index is 617. The standard InChI is InChI=1S/C19H21N/c1-14-10-11-16-8-5-9-17-13-18(20(14)19(16)17)12-15-6-3-2-4-7-15/h2-9,14,18H,10-13H2,1H3/t14-,18+/m1/s1. The number of anilines is 1. The average molecular weight is 263 g/mol. The molecule has 0 fully saturated rings. The molecule has 0 radical (unpaired) electrons. The molecule has 2 aromatic carbocycles. The lowest BCUT2D eigenvalue weighted by molar-refractivity contribution is 0.503. The predicted molar refractivity (Wildman–Crippen MR) is 84.3 cm³/mol. The van der Waals surface area contributed by atoms with Gasteiger partial charge in [0.25, 0.3) is 0 Å². The Hall–Kier alpha value is -1.76. The van der Waals surface area contributed by atoms with Crippen molar-refractivity contribution in [1.82, 2.24) is 0 Å². The molecule has 0 aromatic heterocycles. The first kappa shape index (κ1) is 12.0. The molecule has 0 aliphatic carbocycles. The molecule has 1 heteroatoms. The molecule has 0 saturated heterocycles. The van der Waals surface area contributed by atoms with Crippen molar-refractivity contribution in [2.45, 2.75) is 44.7 Å². The number of rotatable bonds is 2. The third-order valence-corrected chi connectivity index (χ3v) is 4.93. The van der Waals surface area contributed by atoms with E-state index in [0.717, 1.165) is 0 Å². The van der Waals surface area contributed by atoms with Gasteiger partial charge >= 0.3 is 0 Å². The molecule has 1 nitrogen and oxygen atoms in total. The predicted octanol–water partition coefficient (Wildman–Crippen LogP) is 4.00. The van der Waals surface area contributed by atoms with E-state index in [-0.39, 0.29) is 0 Å². The Kier molecular flexibility index (Phi) is 2.80. The van der Waals surface area contributed by atoms with Crippen LogP contribution in [0.5, 0.6) is 0 Å². The van der Waals surface area contributed by atoms with E-state index in [1.54, 1.807) is 16.8 Å². The summed E-state index contributed by atoms with van der Waals surface area (Å²) in [5.74, 6) is 0. The molecular weight excluding hydrogens is 242 g/mol. The molecule has 2 aliphatic heterocycles. The molecular formula is C19H21N. The number of nitrogens with zero attached hydrogens (tertiary/aromatic N) is 1. The van der Waals surface area contributed by atoms with Crippen LogP contribution in [0, 0.1) is 0 Å². The fourth-order valence-electron chi connectivity index (χ4n) is 4.02. The summed E-state index contributed by atoms with van der Waals surface area (Å²) in [5, 5.41) is 0. The second kappa shape index (κ2) is 4.66. The van der Waals surface area contributed by atoms with E-state index in [0.29, 0.717) is 12.1 Å². The Morgan fingerprint density at radius 3 is 2.65 bits per heavy atom. The maximum absolute atomic E-state index is 2.71. The molecule has 2 heterocycles. The summed E-state index contributed by atoms with van der Waals surface area (Å²) in [5.41, 5.74) is 6.16. The van der Waals surface area contributed by atoms with Crippen LogP contribution in [0.15, 0.2) is 48.5 Å². The largest absolute Gasteiger partial charge is 0.365 e. The van der Waals surface area contributed by atoms with E-state index >= 15 is 0 Å². The fourth-order valence-corrected chi connectivity index (χ4v) is 4.02. The summed E-state index contributed by atoms with van der Waals surface area (Å²) < 4.78 is 0. The van der Waals surface area contributed by atoms with Crippen molar-refractivity contribution in [3.63, 3.8) is 0 Å². The minimum atomic E-state index is 0.642. The van der Waals surface area contributed by atoms with Crippen molar-refractivity contribution in [3.05, 3.63) is 65.2 Å². The SMILES string of the molecule is C[C@@H]1CCc2cccc3c2N1[C@@H](Cc1ccccc1)C3. The summed E-state index contributed by atoms with van der Waals surface area (Å²) in [6.07, 6.45) is 4.92. The van der Waals surface area contributed by atoms with Crippen molar-refractivity contribution < 1.29 is 0 Å². The zero-order chi connectivity index (χ0) is 13.5. The highest BCUT2D eigenvalue weighted by molar-refractivity contribution is 5.67. The smallest absolute Gasteiger partial charge is 0.0437 e. The van der Waals surface area contributed by atoms with Crippen molar-refractivity contribution >= 4 is 5.69 Å². The van der Waals surface area contributed by atoms with Gasteiger partial charge in [0.05, 0.1) is 0 Å². The quantitative estimate of drug-likeness (QED) is 0.791. The summed E-state index contributed by atoms with van der Waals surface area (Å²) in [6.45, 7) is 2.39. The number of hydrogen-bond acceptors (Lipinski definition) is 1. The monoisotopic (exact) mass is 263 g/mol. The molecule has 0 amide bonds. The van der Waals surface area contributed by atoms with E-state index in [2.05, 4.69) is 60.4 Å². The third kappa shape index (κ3) is 1.84. The first-order chi connectivity index (χ1) is 9.83. The van der Waals surface area contributed by atoms with Crippen LogP contribution in [0.25, 0.3) is 0 Å². The molecule has 0 unspecified atom stereocenters. The lowest BCUT2D eigenvalue weighted by atomic mass is 9.96. The van der Waals surface area contributed by atoms with E-state index < -0.39 is 0 Å². The van der Waals surface area contributed by atoms with E-state index in [1.807, 2.05) is 0 Å². The normalized spacial score (nSPS) is 23.8. The van der Waals surface area contributed by atoms with Gasteiger partial charge in [-0.15, -0.1) is 0 Å². The molecule has 0 spiro atoms. The van der Waals surface area contributed by atoms with Crippen LogP contribution >= 0.6 is 0 Å². The zero-order valence-electron chi connectivity index (χ0n) is 12.0. The molecule has 102 valence electrons. The van der Waals surface area contributed by atoms with Crippen molar-refractivity contribution in [3.8, 4) is 0 Å². The highest BCUT2D eigenvalue weighted by Crippen LogP contribution is 2.42. The second-order valence-electron chi connectivity index (χ2n) is 6.27. The lowest BCUT2D eigenvalue weighted by Gasteiger charge is -2.38. The molecule has 2 atom stereocenters. The van der Waals surface area contributed by atoms with Crippen LogP contribution < -0.4 is 4.90 Å². The minimum Gasteiger partial charge on any atom is -0.365 e. The number of benzene rings is 2. The zero-order valence-corrected chi connectivity index (χ0v) is 12.0. The van der Waals surface area contributed by atoms with Crippen LogP contribution in [0.3, 0.4) is 0 Å². The van der Waals surface area contributed by atoms with Crippen LogP contribution in [-0.2, 0) is 19.3 Å². The molecule has 2 aromatic rings. The average Bonchev–Trinajstić information content (AvgIpc) is 2.84. The molecule has 0 saturated carbocycles. The van der Waals surface area contributed by atoms with Crippen molar-refractivity contribution in [1.29, 1.82) is 0 Å². The third-order valence-electron chi connectivity index (χ3n) is 4.93. The van der Waals surface area contributed by atoms with Gasteiger partial charge in [-0.2, -0.15) is 0 Å². The maximum atomic E-state index is 2.71. The first-order valence-electron chi connectivity index (χ1n) is 7.76. The highest BCUT2D eigenvalue weighted by Gasteiger charge is 2.36. The van der Waals surface area contributed by atoms with Gasteiger partial charge in [0.15, 0.2) is 0 Å². The van der Waals surface area contributed by atoms with Gasteiger partial charge in [0.1, 0.15) is 0 Å². The highest BCUT2D eigenvalue weighted by atomic mass is 15.2. The van der Waals surface area contributed by atoms with E-state index in [4.69, 9.17) is 0 Å².